The van der Waals surface area contributed by atoms with Gasteiger partial charge >= 0.3 is 5.97 Å². The van der Waals surface area contributed by atoms with E-state index in [0.29, 0.717) is 32.4 Å². The average Bonchev–Trinajstić information content (AvgIpc) is 3.18. The number of hydrogen-bond donors (Lipinski definition) is 1. The summed E-state index contributed by atoms with van der Waals surface area (Å²) in [4.78, 5) is 44.8. The molecule has 0 saturated carbocycles. The van der Waals surface area contributed by atoms with Crippen molar-refractivity contribution in [3.05, 3.63) is 24.3 Å². The van der Waals surface area contributed by atoms with E-state index in [4.69, 9.17) is 9.47 Å². The maximum absolute atomic E-state index is 14.1. The lowest BCUT2D eigenvalue weighted by Crippen LogP contribution is -2.59. The minimum absolute atomic E-state index is 0.179. The third-order valence-electron chi connectivity index (χ3n) is 8.03. The summed E-state index contributed by atoms with van der Waals surface area (Å²) in [7, 11) is 0. The SMILES string of the molecule is CCCCCN1CC=C[C@]23O[C@@]4(CC)C=CCCOC(=O)[C@H]4[C@H]2C(=O)N([C@@H](CC)CO)C3C1=O. The van der Waals surface area contributed by atoms with Crippen molar-refractivity contribution in [3.8, 4) is 0 Å². The van der Waals surface area contributed by atoms with E-state index < -0.39 is 41.1 Å². The Kier molecular flexibility index (Phi) is 7.20. The van der Waals surface area contributed by atoms with Crippen LogP contribution in [-0.4, -0.2) is 82.3 Å². The first-order chi connectivity index (χ1) is 16.4. The number of esters is 1. The molecule has 34 heavy (non-hydrogen) atoms. The summed E-state index contributed by atoms with van der Waals surface area (Å²) in [5.41, 5.74) is -2.31. The molecule has 4 rings (SSSR count). The molecular formula is C26H38N2O6. The number of amides is 2. The van der Waals surface area contributed by atoms with Gasteiger partial charge in [0.15, 0.2) is 0 Å². The molecule has 4 aliphatic heterocycles. The molecule has 1 spiro atoms. The molecule has 2 amide bonds. The minimum atomic E-state index is -1.29. The maximum Gasteiger partial charge on any atom is 0.313 e. The summed E-state index contributed by atoms with van der Waals surface area (Å²) in [6.07, 6.45) is 12.1. The fourth-order valence-corrected chi connectivity index (χ4v) is 6.28. The van der Waals surface area contributed by atoms with Gasteiger partial charge in [-0.1, -0.05) is 57.9 Å². The Morgan fingerprint density at radius 2 is 1.88 bits per heavy atom. The molecule has 1 N–H and O–H groups in total. The van der Waals surface area contributed by atoms with Crippen LogP contribution in [0.25, 0.3) is 0 Å². The van der Waals surface area contributed by atoms with E-state index in [1.54, 1.807) is 4.90 Å². The van der Waals surface area contributed by atoms with Crippen LogP contribution in [0.2, 0.25) is 0 Å². The standard InChI is InChI=1S/C26H38N2O6/c1-4-7-9-14-27-15-11-13-26-19(22(30)28(18(5-2)17-29)21(26)23(27)31)20-24(32)33-16-10-8-12-25(20,6-3)34-26/h8,11-13,18-21,29H,4-7,9-10,14-17H2,1-3H3/t18-,19-,20+,21?,25-,26-/m0/s1. The second-order valence-corrected chi connectivity index (χ2v) is 9.86. The molecular weight excluding hydrogens is 436 g/mol. The number of cyclic esters (lactones) is 1. The molecule has 8 heteroatoms. The van der Waals surface area contributed by atoms with Crippen molar-refractivity contribution in [2.24, 2.45) is 11.8 Å². The van der Waals surface area contributed by atoms with Crippen LogP contribution in [0.5, 0.6) is 0 Å². The van der Waals surface area contributed by atoms with Crippen LogP contribution in [0.4, 0.5) is 0 Å². The summed E-state index contributed by atoms with van der Waals surface area (Å²) in [5.74, 6) is -2.69. The molecule has 6 atom stereocenters. The second-order valence-electron chi connectivity index (χ2n) is 9.86. The first kappa shape index (κ1) is 24.9. The van der Waals surface area contributed by atoms with E-state index in [0.717, 1.165) is 19.3 Å². The number of ether oxygens (including phenoxy) is 2. The molecule has 4 heterocycles. The fraction of sp³-hybridized carbons (Fsp3) is 0.731. The average molecular weight is 475 g/mol. The van der Waals surface area contributed by atoms with Gasteiger partial charge in [-0.2, -0.15) is 0 Å². The lowest BCUT2D eigenvalue weighted by molar-refractivity contribution is -0.163. The first-order valence-corrected chi connectivity index (χ1v) is 12.8. The molecule has 0 bridgehead atoms. The largest absolute Gasteiger partial charge is 0.465 e. The van der Waals surface area contributed by atoms with Gasteiger partial charge in [-0.15, -0.1) is 0 Å². The van der Waals surface area contributed by atoms with Gasteiger partial charge in [0.05, 0.1) is 25.2 Å². The smallest absolute Gasteiger partial charge is 0.313 e. The summed E-state index contributed by atoms with van der Waals surface area (Å²) in [6.45, 7) is 6.95. The Balaban J connectivity index is 1.85. The van der Waals surface area contributed by atoms with Crippen molar-refractivity contribution < 1.29 is 29.0 Å². The second kappa shape index (κ2) is 9.82. The van der Waals surface area contributed by atoms with Gasteiger partial charge < -0.3 is 24.4 Å². The molecule has 2 saturated heterocycles. The number of fused-ring (bicyclic) bond motifs is 2. The highest BCUT2D eigenvalue weighted by Crippen LogP contribution is 2.58. The fourth-order valence-electron chi connectivity index (χ4n) is 6.28. The molecule has 0 aliphatic carbocycles. The molecule has 188 valence electrons. The molecule has 0 radical (unpaired) electrons. The summed E-state index contributed by atoms with van der Waals surface area (Å²) in [5, 5.41) is 10.1. The molecule has 0 aromatic rings. The summed E-state index contributed by atoms with van der Waals surface area (Å²) < 4.78 is 12.4. The lowest BCUT2D eigenvalue weighted by atomic mass is 9.73. The zero-order valence-corrected chi connectivity index (χ0v) is 20.6. The number of likely N-dealkylation sites (tertiary alicyclic amines) is 1. The molecule has 2 fully saturated rings. The van der Waals surface area contributed by atoms with Gasteiger partial charge in [-0.05, 0) is 25.7 Å². The Bertz CT molecular complexity index is 867. The topological polar surface area (TPSA) is 96.4 Å². The number of carbonyl (C=O) groups excluding carboxylic acids is 3. The molecule has 0 aromatic carbocycles. The third-order valence-corrected chi connectivity index (χ3v) is 8.03. The number of hydrogen-bond acceptors (Lipinski definition) is 6. The predicted octanol–water partition coefficient (Wildman–Crippen LogP) is 2.21. The number of aliphatic hydroxyl groups excluding tert-OH is 1. The zero-order valence-electron chi connectivity index (χ0n) is 20.6. The van der Waals surface area contributed by atoms with E-state index in [1.165, 1.54) is 4.90 Å². The number of unbranched alkanes of at least 4 members (excludes halogenated alkanes) is 2. The van der Waals surface area contributed by atoms with Gasteiger partial charge in [0.1, 0.15) is 23.2 Å². The van der Waals surface area contributed by atoms with Gasteiger partial charge in [0.2, 0.25) is 11.8 Å². The van der Waals surface area contributed by atoms with Crippen molar-refractivity contribution in [3.63, 3.8) is 0 Å². The van der Waals surface area contributed by atoms with E-state index in [1.807, 2.05) is 38.2 Å². The van der Waals surface area contributed by atoms with Gasteiger partial charge in [0.25, 0.3) is 0 Å². The number of nitrogens with zero attached hydrogens (tertiary/aromatic N) is 2. The number of carbonyl (C=O) groups is 3. The van der Waals surface area contributed by atoms with Crippen LogP contribution in [0, 0.1) is 11.8 Å². The van der Waals surface area contributed by atoms with Crippen molar-refractivity contribution in [1.29, 1.82) is 0 Å². The molecule has 4 aliphatic rings. The van der Waals surface area contributed by atoms with Crippen LogP contribution in [0.3, 0.4) is 0 Å². The van der Waals surface area contributed by atoms with Crippen LogP contribution in [0.15, 0.2) is 24.3 Å². The zero-order chi connectivity index (χ0) is 24.5. The predicted molar refractivity (Wildman–Crippen MR) is 126 cm³/mol. The summed E-state index contributed by atoms with van der Waals surface area (Å²) >= 11 is 0. The highest BCUT2D eigenvalue weighted by molar-refractivity contribution is 5.99. The lowest BCUT2D eigenvalue weighted by Gasteiger charge is -2.40. The van der Waals surface area contributed by atoms with E-state index in [2.05, 4.69) is 6.92 Å². The quantitative estimate of drug-likeness (QED) is 0.329. The van der Waals surface area contributed by atoms with Gasteiger partial charge in [-0.3, -0.25) is 14.4 Å². The summed E-state index contributed by atoms with van der Waals surface area (Å²) in [6, 6.07) is -1.46. The Hall–Kier alpha value is -2.19. The van der Waals surface area contributed by atoms with Crippen LogP contribution in [0.1, 0.15) is 59.3 Å². The van der Waals surface area contributed by atoms with Crippen molar-refractivity contribution in [2.45, 2.75) is 82.6 Å². The van der Waals surface area contributed by atoms with E-state index >= 15 is 0 Å². The normalized spacial score (nSPS) is 35.9. The first-order valence-electron chi connectivity index (χ1n) is 12.8. The van der Waals surface area contributed by atoms with Crippen molar-refractivity contribution >= 4 is 17.8 Å². The number of rotatable bonds is 8. The van der Waals surface area contributed by atoms with Crippen LogP contribution >= 0.6 is 0 Å². The maximum atomic E-state index is 14.1. The van der Waals surface area contributed by atoms with Gasteiger partial charge in [-0.25, -0.2) is 0 Å². The van der Waals surface area contributed by atoms with Crippen molar-refractivity contribution in [1.82, 2.24) is 9.80 Å². The Labute approximate surface area is 201 Å². The third kappa shape index (κ3) is 3.70. The van der Waals surface area contributed by atoms with Crippen LogP contribution < -0.4 is 0 Å². The molecule has 1 unspecified atom stereocenters. The van der Waals surface area contributed by atoms with Crippen molar-refractivity contribution in [2.75, 3.05) is 26.3 Å². The van der Waals surface area contributed by atoms with E-state index in [-0.39, 0.29) is 25.0 Å². The van der Waals surface area contributed by atoms with Gasteiger partial charge in [0, 0.05) is 13.1 Å². The molecule has 0 aromatic heterocycles. The Morgan fingerprint density at radius 1 is 1.09 bits per heavy atom. The highest BCUT2D eigenvalue weighted by atomic mass is 16.6. The molecule has 8 nitrogen and oxygen atoms in total. The van der Waals surface area contributed by atoms with Crippen LogP contribution in [-0.2, 0) is 23.9 Å². The van der Waals surface area contributed by atoms with E-state index in [9.17, 15) is 19.5 Å². The Morgan fingerprint density at radius 3 is 2.56 bits per heavy atom. The number of aliphatic hydroxyl groups is 1. The highest BCUT2D eigenvalue weighted by Gasteiger charge is 2.75. The minimum Gasteiger partial charge on any atom is -0.465 e. The monoisotopic (exact) mass is 474 g/mol.